The number of amides is 1. The van der Waals surface area contributed by atoms with Crippen molar-refractivity contribution in [1.82, 2.24) is 5.16 Å². The molecule has 0 aliphatic carbocycles. The summed E-state index contributed by atoms with van der Waals surface area (Å²) in [6, 6.07) is 6.56. The van der Waals surface area contributed by atoms with Gasteiger partial charge in [0.2, 0.25) is 0 Å². The van der Waals surface area contributed by atoms with Crippen LogP contribution in [0.2, 0.25) is 5.02 Å². The second-order valence-corrected chi connectivity index (χ2v) is 5.84. The number of hydrogen-bond acceptors (Lipinski definition) is 5. The minimum atomic E-state index is -0.564. The molecule has 0 aliphatic rings. The fourth-order valence-electron chi connectivity index (χ4n) is 1.63. The van der Waals surface area contributed by atoms with Crippen LogP contribution in [0.15, 0.2) is 28.8 Å². The number of rotatable bonds is 2. The third-order valence-electron chi connectivity index (χ3n) is 2.41. The van der Waals surface area contributed by atoms with Crippen LogP contribution in [0.3, 0.4) is 0 Å². The molecule has 1 heterocycles. The maximum absolute atomic E-state index is 11.7. The third kappa shape index (κ3) is 4.13. The van der Waals surface area contributed by atoms with Gasteiger partial charge in [-0.3, -0.25) is 5.32 Å². The van der Waals surface area contributed by atoms with Gasteiger partial charge in [0.05, 0.1) is 5.02 Å². The zero-order valence-corrected chi connectivity index (χ0v) is 12.7. The van der Waals surface area contributed by atoms with E-state index in [1.807, 2.05) is 0 Å². The number of carbonyl (C=O) groups is 1. The van der Waals surface area contributed by atoms with E-state index in [1.165, 1.54) is 0 Å². The highest BCUT2D eigenvalue weighted by molar-refractivity contribution is 6.33. The van der Waals surface area contributed by atoms with Crippen LogP contribution < -0.4 is 11.1 Å². The molecule has 0 aliphatic heterocycles. The number of carbonyl (C=O) groups excluding carboxylic acids is 1. The molecule has 0 unspecified atom stereocenters. The first kappa shape index (κ1) is 15.2. The van der Waals surface area contributed by atoms with Crippen molar-refractivity contribution in [2.45, 2.75) is 26.4 Å². The molecule has 0 atom stereocenters. The van der Waals surface area contributed by atoms with Crippen LogP contribution in [-0.2, 0) is 4.74 Å². The van der Waals surface area contributed by atoms with Gasteiger partial charge in [-0.15, -0.1) is 0 Å². The summed E-state index contributed by atoms with van der Waals surface area (Å²) in [5, 5.41) is 6.61. The van der Waals surface area contributed by atoms with Gasteiger partial charge in [0, 0.05) is 17.3 Å². The zero-order chi connectivity index (χ0) is 15.6. The minimum absolute atomic E-state index is 0.275. The number of halogens is 1. The predicted octanol–water partition coefficient (Wildman–Crippen LogP) is 3.92. The molecule has 0 radical (unpaired) electrons. The van der Waals surface area contributed by atoms with Gasteiger partial charge in [-0.05, 0) is 39.0 Å². The fraction of sp³-hybridized carbons (Fsp3) is 0.286. The lowest BCUT2D eigenvalue weighted by atomic mass is 10.1. The molecule has 1 amide bonds. The Hall–Kier alpha value is -2.21. The fourth-order valence-corrected chi connectivity index (χ4v) is 1.90. The van der Waals surface area contributed by atoms with Crippen LogP contribution in [0.4, 0.5) is 16.3 Å². The molecule has 7 heteroatoms. The van der Waals surface area contributed by atoms with Gasteiger partial charge in [-0.2, -0.15) is 0 Å². The van der Waals surface area contributed by atoms with Crippen molar-refractivity contribution < 1.29 is 14.1 Å². The smallest absolute Gasteiger partial charge is 0.412 e. The number of aromatic nitrogens is 1. The van der Waals surface area contributed by atoms with Gasteiger partial charge in [-0.1, -0.05) is 16.8 Å². The number of anilines is 2. The summed E-state index contributed by atoms with van der Waals surface area (Å²) < 4.78 is 10.2. The zero-order valence-electron chi connectivity index (χ0n) is 11.9. The van der Waals surface area contributed by atoms with Crippen LogP contribution in [0.5, 0.6) is 0 Å². The molecule has 6 nitrogen and oxygen atoms in total. The third-order valence-corrected chi connectivity index (χ3v) is 2.72. The molecule has 2 aromatic rings. The predicted molar refractivity (Wildman–Crippen MR) is 81.2 cm³/mol. The van der Waals surface area contributed by atoms with Crippen LogP contribution in [0, 0.1) is 0 Å². The number of ether oxygens (including phenoxy) is 1. The van der Waals surface area contributed by atoms with Crippen molar-refractivity contribution in [2.24, 2.45) is 0 Å². The molecule has 1 aromatic carbocycles. The normalized spacial score (nSPS) is 11.2. The highest BCUT2D eigenvalue weighted by Gasteiger charge is 2.17. The maximum Gasteiger partial charge on any atom is 0.412 e. The van der Waals surface area contributed by atoms with E-state index in [0.717, 1.165) is 0 Å². The Morgan fingerprint density at radius 3 is 2.62 bits per heavy atom. The van der Waals surface area contributed by atoms with Gasteiger partial charge in [0.15, 0.2) is 11.6 Å². The van der Waals surface area contributed by atoms with Crippen LogP contribution in [0.25, 0.3) is 11.3 Å². The van der Waals surface area contributed by atoms with Crippen molar-refractivity contribution in [1.29, 1.82) is 0 Å². The lowest BCUT2D eigenvalue weighted by molar-refractivity contribution is 0.0636. The number of nitrogen functional groups attached to an aromatic ring is 1. The quantitative estimate of drug-likeness (QED) is 0.877. The Labute approximate surface area is 127 Å². The van der Waals surface area contributed by atoms with E-state index in [4.69, 9.17) is 26.6 Å². The van der Waals surface area contributed by atoms with Gasteiger partial charge in [0.25, 0.3) is 0 Å². The van der Waals surface area contributed by atoms with Crippen LogP contribution >= 0.6 is 11.6 Å². The molecular weight excluding hydrogens is 294 g/mol. The Morgan fingerprint density at radius 2 is 2.10 bits per heavy atom. The Kier molecular flexibility index (Phi) is 4.09. The summed E-state index contributed by atoms with van der Waals surface area (Å²) in [6.07, 6.45) is -0.546. The standard InChI is InChI=1S/C14H16ClN3O3/c1-14(2,3)20-13(19)17-8-4-5-9(10(15)6-8)11-7-12(16)18-21-11/h4-7H,1-3H3,(H2,16,18)(H,17,19). The molecule has 0 saturated heterocycles. The summed E-state index contributed by atoms with van der Waals surface area (Å²) in [5.41, 5.74) is 6.09. The van der Waals surface area contributed by atoms with Crippen molar-refractivity contribution in [2.75, 3.05) is 11.1 Å². The molecule has 0 bridgehead atoms. The molecule has 21 heavy (non-hydrogen) atoms. The summed E-state index contributed by atoms with van der Waals surface area (Å²) in [7, 11) is 0. The SMILES string of the molecule is CC(C)(C)OC(=O)Nc1ccc(-c2cc(N)no2)c(Cl)c1. The van der Waals surface area contributed by atoms with Crippen molar-refractivity contribution in [3.8, 4) is 11.3 Å². The second kappa shape index (κ2) is 5.65. The molecule has 3 N–H and O–H groups in total. The maximum atomic E-state index is 11.7. The van der Waals surface area contributed by atoms with E-state index in [0.29, 0.717) is 22.0 Å². The highest BCUT2D eigenvalue weighted by atomic mass is 35.5. The number of nitrogens with one attached hydrogen (secondary N) is 1. The lowest BCUT2D eigenvalue weighted by Crippen LogP contribution is -2.27. The molecule has 112 valence electrons. The average Bonchev–Trinajstić information content (AvgIpc) is 2.73. The Morgan fingerprint density at radius 1 is 1.38 bits per heavy atom. The number of benzene rings is 1. The van der Waals surface area contributed by atoms with E-state index < -0.39 is 11.7 Å². The number of hydrogen-bond donors (Lipinski definition) is 2. The molecule has 0 saturated carbocycles. The second-order valence-electron chi connectivity index (χ2n) is 5.44. The monoisotopic (exact) mass is 309 g/mol. The topological polar surface area (TPSA) is 90.4 Å². The first-order chi connectivity index (χ1) is 9.74. The van der Waals surface area contributed by atoms with Gasteiger partial charge < -0.3 is 15.0 Å². The van der Waals surface area contributed by atoms with Gasteiger partial charge in [-0.25, -0.2) is 4.79 Å². The van der Waals surface area contributed by atoms with Crippen molar-refractivity contribution in [3.05, 3.63) is 29.3 Å². The van der Waals surface area contributed by atoms with E-state index in [2.05, 4.69) is 10.5 Å². The van der Waals surface area contributed by atoms with E-state index in [1.54, 1.807) is 45.0 Å². The molecule has 0 spiro atoms. The van der Waals surface area contributed by atoms with Gasteiger partial charge in [0.1, 0.15) is 5.60 Å². The van der Waals surface area contributed by atoms with Crippen LogP contribution in [-0.4, -0.2) is 16.9 Å². The first-order valence-electron chi connectivity index (χ1n) is 6.27. The number of nitrogens with zero attached hydrogens (tertiary/aromatic N) is 1. The first-order valence-corrected chi connectivity index (χ1v) is 6.64. The van der Waals surface area contributed by atoms with Crippen LogP contribution in [0.1, 0.15) is 20.8 Å². The summed E-state index contributed by atoms with van der Waals surface area (Å²) in [4.78, 5) is 11.7. The average molecular weight is 310 g/mol. The summed E-state index contributed by atoms with van der Waals surface area (Å²) in [6.45, 7) is 5.37. The summed E-state index contributed by atoms with van der Waals surface area (Å²) >= 11 is 6.17. The van der Waals surface area contributed by atoms with Crippen molar-refractivity contribution >= 4 is 29.2 Å². The highest BCUT2D eigenvalue weighted by Crippen LogP contribution is 2.31. The minimum Gasteiger partial charge on any atom is -0.444 e. The molecular formula is C14H16ClN3O3. The summed E-state index contributed by atoms with van der Waals surface area (Å²) in [5.74, 6) is 0.735. The van der Waals surface area contributed by atoms with E-state index >= 15 is 0 Å². The Balaban J connectivity index is 2.14. The van der Waals surface area contributed by atoms with E-state index in [-0.39, 0.29) is 5.82 Å². The molecule has 0 fully saturated rings. The van der Waals surface area contributed by atoms with Gasteiger partial charge >= 0.3 is 6.09 Å². The van der Waals surface area contributed by atoms with Crippen molar-refractivity contribution in [3.63, 3.8) is 0 Å². The van der Waals surface area contributed by atoms with E-state index in [9.17, 15) is 4.79 Å². The molecule has 2 rings (SSSR count). The largest absolute Gasteiger partial charge is 0.444 e. The number of nitrogens with two attached hydrogens (primary N) is 1. The Bertz CT molecular complexity index is 662. The molecule has 1 aromatic heterocycles. The lowest BCUT2D eigenvalue weighted by Gasteiger charge is -2.19.